The number of carbonyl (C=O) groups excluding carboxylic acids is 2. The summed E-state index contributed by atoms with van der Waals surface area (Å²) >= 11 is 0. The minimum atomic E-state index is -0.832. The summed E-state index contributed by atoms with van der Waals surface area (Å²) in [6.07, 6.45) is -1.33. The molecule has 0 radical (unpaired) electrons. The molecule has 1 fully saturated rings. The molecular weight excluding hydrogens is 352 g/mol. The molecule has 2 heterocycles. The molecule has 27 heavy (non-hydrogen) atoms. The third-order valence-corrected chi connectivity index (χ3v) is 4.40. The molecule has 0 spiro atoms. The zero-order valence-electron chi connectivity index (χ0n) is 14.3. The van der Waals surface area contributed by atoms with Crippen LogP contribution in [0.2, 0.25) is 0 Å². The third-order valence-electron chi connectivity index (χ3n) is 4.40. The van der Waals surface area contributed by atoms with E-state index in [0.29, 0.717) is 22.9 Å². The Morgan fingerprint density at radius 1 is 1.11 bits per heavy atom. The van der Waals surface area contributed by atoms with Gasteiger partial charge >= 0.3 is 6.09 Å². The van der Waals surface area contributed by atoms with E-state index in [-0.39, 0.29) is 19.8 Å². The molecule has 140 valence electrons. The molecule has 0 aromatic heterocycles. The molecule has 2 aliphatic rings. The Bertz CT molecular complexity index is 857. The molecule has 2 aromatic rings. The summed E-state index contributed by atoms with van der Waals surface area (Å²) < 4.78 is 15.8. The predicted octanol–water partition coefficient (Wildman–Crippen LogP) is 1.99. The number of aliphatic hydroxyl groups excluding tert-OH is 1. The Balaban J connectivity index is 1.45. The molecule has 2 aromatic carbocycles. The van der Waals surface area contributed by atoms with Crippen LogP contribution in [0.5, 0.6) is 17.2 Å². The SMILES string of the molecule is O=C(Nc1ccc2c(c1)OCO2)[C@H]1C[C@H](O)CN1C(=O)Oc1ccccc1. The van der Waals surface area contributed by atoms with Crippen molar-refractivity contribution in [3.8, 4) is 17.2 Å². The van der Waals surface area contributed by atoms with Gasteiger partial charge in [0.1, 0.15) is 11.8 Å². The van der Waals surface area contributed by atoms with Gasteiger partial charge in [-0.2, -0.15) is 0 Å². The number of amides is 2. The second-order valence-electron chi connectivity index (χ2n) is 6.30. The van der Waals surface area contributed by atoms with E-state index in [1.54, 1.807) is 48.5 Å². The molecule has 2 amide bonds. The zero-order valence-corrected chi connectivity index (χ0v) is 14.3. The minimum absolute atomic E-state index is 0.0326. The second-order valence-corrected chi connectivity index (χ2v) is 6.30. The smallest absolute Gasteiger partial charge is 0.416 e. The van der Waals surface area contributed by atoms with Crippen molar-refractivity contribution in [2.75, 3.05) is 18.7 Å². The van der Waals surface area contributed by atoms with Crippen molar-refractivity contribution >= 4 is 17.7 Å². The maximum absolute atomic E-state index is 12.7. The van der Waals surface area contributed by atoms with Gasteiger partial charge in [0.25, 0.3) is 0 Å². The van der Waals surface area contributed by atoms with Gasteiger partial charge in [-0.25, -0.2) is 4.79 Å². The lowest BCUT2D eigenvalue weighted by atomic mass is 10.2. The number of anilines is 1. The van der Waals surface area contributed by atoms with E-state index in [9.17, 15) is 14.7 Å². The highest BCUT2D eigenvalue weighted by atomic mass is 16.7. The van der Waals surface area contributed by atoms with Crippen LogP contribution >= 0.6 is 0 Å². The molecular formula is C19H18N2O6. The van der Waals surface area contributed by atoms with Gasteiger partial charge < -0.3 is 24.6 Å². The van der Waals surface area contributed by atoms with E-state index < -0.39 is 24.1 Å². The lowest BCUT2D eigenvalue weighted by molar-refractivity contribution is -0.119. The van der Waals surface area contributed by atoms with E-state index in [1.165, 1.54) is 4.90 Å². The molecule has 0 aliphatic carbocycles. The summed E-state index contributed by atoms with van der Waals surface area (Å²) in [5.74, 6) is 1.12. The van der Waals surface area contributed by atoms with E-state index in [2.05, 4.69) is 5.32 Å². The van der Waals surface area contributed by atoms with Gasteiger partial charge in [0, 0.05) is 18.2 Å². The number of para-hydroxylation sites is 1. The van der Waals surface area contributed by atoms with Crippen LogP contribution < -0.4 is 19.5 Å². The number of ether oxygens (including phenoxy) is 3. The van der Waals surface area contributed by atoms with E-state index in [4.69, 9.17) is 14.2 Å². The van der Waals surface area contributed by atoms with Crippen molar-refractivity contribution in [1.82, 2.24) is 4.90 Å². The van der Waals surface area contributed by atoms with E-state index in [1.807, 2.05) is 0 Å². The fraction of sp³-hybridized carbons (Fsp3) is 0.263. The topological polar surface area (TPSA) is 97.3 Å². The largest absolute Gasteiger partial charge is 0.454 e. The Labute approximate surface area is 155 Å². The van der Waals surface area contributed by atoms with Crippen LogP contribution in [0.3, 0.4) is 0 Å². The van der Waals surface area contributed by atoms with Crippen molar-refractivity contribution in [2.24, 2.45) is 0 Å². The van der Waals surface area contributed by atoms with Gasteiger partial charge in [-0.3, -0.25) is 9.69 Å². The normalized spacial score (nSPS) is 20.4. The van der Waals surface area contributed by atoms with Crippen LogP contribution in [-0.2, 0) is 4.79 Å². The highest BCUT2D eigenvalue weighted by Crippen LogP contribution is 2.34. The molecule has 4 rings (SSSR count). The maximum atomic E-state index is 12.7. The van der Waals surface area contributed by atoms with Crippen molar-refractivity contribution in [3.63, 3.8) is 0 Å². The Morgan fingerprint density at radius 3 is 2.70 bits per heavy atom. The van der Waals surface area contributed by atoms with Crippen LogP contribution in [0.1, 0.15) is 6.42 Å². The number of nitrogens with one attached hydrogen (secondary N) is 1. The molecule has 2 atom stereocenters. The number of nitrogens with zero attached hydrogens (tertiary/aromatic N) is 1. The third kappa shape index (κ3) is 3.65. The monoisotopic (exact) mass is 370 g/mol. The van der Waals surface area contributed by atoms with Crippen molar-refractivity contribution in [3.05, 3.63) is 48.5 Å². The number of aliphatic hydroxyl groups is 1. The first-order valence-electron chi connectivity index (χ1n) is 8.52. The summed E-state index contributed by atoms with van der Waals surface area (Å²) in [5, 5.41) is 12.7. The summed E-state index contributed by atoms with van der Waals surface area (Å²) in [4.78, 5) is 26.4. The molecule has 0 unspecified atom stereocenters. The first kappa shape index (κ1) is 17.2. The molecule has 0 bridgehead atoms. The molecule has 2 N–H and O–H groups in total. The zero-order chi connectivity index (χ0) is 18.8. The summed E-state index contributed by atoms with van der Waals surface area (Å²) in [7, 11) is 0. The highest BCUT2D eigenvalue weighted by Gasteiger charge is 2.40. The number of carbonyl (C=O) groups is 2. The summed E-state index contributed by atoms with van der Waals surface area (Å²) in [6, 6.07) is 12.8. The lowest BCUT2D eigenvalue weighted by Gasteiger charge is -2.23. The van der Waals surface area contributed by atoms with Crippen molar-refractivity contribution in [1.29, 1.82) is 0 Å². The van der Waals surface area contributed by atoms with Gasteiger partial charge in [0.15, 0.2) is 11.5 Å². The standard InChI is InChI=1S/C19H18N2O6/c22-13-9-15(21(10-13)19(24)27-14-4-2-1-3-5-14)18(23)20-12-6-7-16-17(8-12)26-11-25-16/h1-8,13,15,22H,9-11H2,(H,20,23)/t13-,15+/m0/s1. The van der Waals surface area contributed by atoms with Crippen LogP contribution in [0, 0.1) is 0 Å². The average molecular weight is 370 g/mol. The van der Waals surface area contributed by atoms with Gasteiger partial charge in [-0.15, -0.1) is 0 Å². The van der Waals surface area contributed by atoms with Gasteiger partial charge in [-0.05, 0) is 24.3 Å². The molecule has 0 saturated carbocycles. The number of likely N-dealkylation sites (tertiary alicyclic amines) is 1. The van der Waals surface area contributed by atoms with Crippen LogP contribution in [0.25, 0.3) is 0 Å². The number of benzene rings is 2. The van der Waals surface area contributed by atoms with Gasteiger partial charge in [0.05, 0.1) is 12.6 Å². The quantitative estimate of drug-likeness (QED) is 0.858. The van der Waals surface area contributed by atoms with E-state index in [0.717, 1.165) is 0 Å². The highest BCUT2D eigenvalue weighted by molar-refractivity contribution is 5.97. The summed E-state index contributed by atoms with van der Waals surface area (Å²) in [6.45, 7) is 0.172. The minimum Gasteiger partial charge on any atom is -0.454 e. The lowest BCUT2D eigenvalue weighted by Crippen LogP contribution is -2.44. The number of hydrogen-bond acceptors (Lipinski definition) is 6. The first-order chi connectivity index (χ1) is 13.1. The fourth-order valence-electron chi connectivity index (χ4n) is 3.11. The predicted molar refractivity (Wildman–Crippen MR) is 94.8 cm³/mol. The van der Waals surface area contributed by atoms with Crippen LogP contribution in [-0.4, -0.2) is 47.5 Å². The second kappa shape index (κ2) is 7.16. The number of β-amino-alcohol motifs (C(OH)–C–C–N with tert-alkyl or cyclic N) is 1. The summed E-state index contributed by atoms with van der Waals surface area (Å²) in [5.41, 5.74) is 0.516. The van der Waals surface area contributed by atoms with Gasteiger partial charge in [-0.1, -0.05) is 18.2 Å². The molecule has 8 heteroatoms. The number of fused-ring (bicyclic) bond motifs is 1. The Hall–Kier alpha value is -3.26. The van der Waals surface area contributed by atoms with Crippen molar-refractivity contribution in [2.45, 2.75) is 18.6 Å². The fourth-order valence-corrected chi connectivity index (χ4v) is 3.11. The van der Waals surface area contributed by atoms with Crippen LogP contribution in [0.4, 0.5) is 10.5 Å². The first-order valence-corrected chi connectivity index (χ1v) is 8.52. The van der Waals surface area contributed by atoms with Crippen molar-refractivity contribution < 1.29 is 28.9 Å². The Kier molecular flexibility index (Phi) is 4.55. The number of rotatable bonds is 3. The van der Waals surface area contributed by atoms with E-state index >= 15 is 0 Å². The van der Waals surface area contributed by atoms with Gasteiger partial charge in [0.2, 0.25) is 12.7 Å². The maximum Gasteiger partial charge on any atom is 0.416 e. The Morgan fingerprint density at radius 2 is 1.89 bits per heavy atom. The number of hydrogen-bond donors (Lipinski definition) is 2. The molecule has 1 saturated heterocycles. The molecule has 2 aliphatic heterocycles. The van der Waals surface area contributed by atoms with Crippen LogP contribution in [0.15, 0.2) is 48.5 Å². The molecule has 8 nitrogen and oxygen atoms in total. The average Bonchev–Trinajstić information content (AvgIpc) is 3.28.